The maximum atomic E-state index is 14.2. The summed E-state index contributed by atoms with van der Waals surface area (Å²) in [6.07, 6.45) is 3.21. The molecule has 210 valence electrons. The van der Waals surface area contributed by atoms with Crippen molar-refractivity contribution in [2.24, 2.45) is 4.99 Å². The standard InChI is InChI=1S/C31H29N3O6S/c1-5-7-16-33-23-11-9-8-10-22(23)25(28(33)36)27-29(37)34-26(20-12-14-21(15-13-20)40-19(4)35)24(30(38)39-17-6-2)18(3)32-31(34)41-27/h6,8-15,26H,2,5,7,16-17H2,1,3-4H3/t26-/m0/s1. The molecule has 0 saturated carbocycles. The summed E-state index contributed by atoms with van der Waals surface area (Å²) in [5, 5.41) is 0. The van der Waals surface area contributed by atoms with Gasteiger partial charge in [-0.05, 0) is 37.1 Å². The molecule has 0 unspecified atom stereocenters. The lowest BCUT2D eigenvalue weighted by molar-refractivity contribution is -0.138. The lowest BCUT2D eigenvalue weighted by Crippen LogP contribution is -2.41. The fourth-order valence-electron chi connectivity index (χ4n) is 5.08. The summed E-state index contributed by atoms with van der Waals surface area (Å²) >= 11 is 1.13. The zero-order chi connectivity index (χ0) is 29.3. The van der Waals surface area contributed by atoms with Gasteiger partial charge in [0, 0.05) is 19.0 Å². The molecule has 0 saturated heterocycles. The second-order valence-corrected chi connectivity index (χ2v) is 10.6. The maximum absolute atomic E-state index is 14.2. The largest absolute Gasteiger partial charge is 0.458 e. The van der Waals surface area contributed by atoms with Crippen LogP contribution in [0.5, 0.6) is 5.75 Å². The van der Waals surface area contributed by atoms with Crippen molar-refractivity contribution in [1.82, 2.24) is 4.57 Å². The van der Waals surface area contributed by atoms with Gasteiger partial charge in [0.1, 0.15) is 16.9 Å². The van der Waals surface area contributed by atoms with Gasteiger partial charge in [0.2, 0.25) is 0 Å². The normalized spacial score (nSPS) is 17.1. The summed E-state index contributed by atoms with van der Waals surface area (Å²) in [5.41, 5.74) is 2.55. The third kappa shape index (κ3) is 5.06. The SMILES string of the molecule is C=CCOC(=O)C1=C(C)N=c2sc(=C3C(=O)N(CCCC)c4ccccc43)c(=O)n2[C@H]1c1ccc(OC(C)=O)cc1. The molecule has 1 amide bonds. The lowest BCUT2D eigenvalue weighted by atomic mass is 9.96. The topological polar surface area (TPSA) is 107 Å². The highest BCUT2D eigenvalue weighted by molar-refractivity contribution is 7.07. The van der Waals surface area contributed by atoms with Crippen molar-refractivity contribution in [2.75, 3.05) is 18.1 Å². The van der Waals surface area contributed by atoms with Crippen LogP contribution in [0.1, 0.15) is 50.8 Å². The molecule has 0 radical (unpaired) electrons. The molecule has 10 heteroatoms. The molecule has 3 aromatic rings. The number of unbranched alkanes of at least 4 members (excludes halogenated alkanes) is 1. The number of nitrogens with zero attached hydrogens (tertiary/aromatic N) is 3. The third-order valence-corrected chi connectivity index (χ3v) is 7.95. The van der Waals surface area contributed by atoms with Crippen LogP contribution in [0.25, 0.3) is 5.57 Å². The molecule has 0 fully saturated rings. The molecule has 0 spiro atoms. The number of rotatable bonds is 8. The zero-order valence-corrected chi connectivity index (χ0v) is 23.8. The first-order chi connectivity index (χ1) is 19.8. The van der Waals surface area contributed by atoms with Gasteiger partial charge in [0.15, 0.2) is 4.80 Å². The van der Waals surface area contributed by atoms with Crippen LogP contribution in [0.15, 0.2) is 82.2 Å². The van der Waals surface area contributed by atoms with Crippen LogP contribution in [-0.2, 0) is 19.1 Å². The highest BCUT2D eigenvalue weighted by atomic mass is 32.1. The van der Waals surface area contributed by atoms with Gasteiger partial charge in [0.25, 0.3) is 11.5 Å². The van der Waals surface area contributed by atoms with Gasteiger partial charge in [-0.1, -0.05) is 67.7 Å². The minimum atomic E-state index is -0.882. The Morgan fingerprint density at radius 1 is 1.12 bits per heavy atom. The molecular weight excluding hydrogens is 542 g/mol. The van der Waals surface area contributed by atoms with E-state index < -0.39 is 23.5 Å². The van der Waals surface area contributed by atoms with Crippen molar-refractivity contribution in [3.63, 3.8) is 0 Å². The second-order valence-electron chi connectivity index (χ2n) is 9.65. The number of benzene rings is 2. The lowest BCUT2D eigenvalue weighted by Gasteiger charge is -2.24. The van der Waals surface area contributed by atoms with Gasteiger partial charge >= 0.3 is 11.9 Å². The molecule has 2 aromatic carbocycles. The van der Waals surface area contributed by atoms with E-state index in [4.69, 9.17) is 9.47 Å². The Morgan fingerprint density at radius 3 is 2.54 bits per heavy atom. The predicted octanol–water partition coefficient (Wildman–Crippen LogP) is 3.41. The van der Waals surface area contributed by atoms with Gasteiger partial charge < -0.3 is 14.4 Å². The van der Waals surface area contributed by atoms with Crippen molar-refractivity contribution in [2.45, 2.75) is 39.7 Å². The number of fused-ring (bicyclic) bond motifs is 2. The van der Waals surface area contributed by atoms with Crippen LogP contribution in [0, 0.1) is 0 Å². The number of amides is 1. The van der Waals surface area contributed by atoms with Crippen LogP contribution in [0.4, 0.5) is 5.69 Å². The van der Waals surface area contributed by atoms with Gasteiger partial charge in [-0.25, -0.2) is 9.79 Å². The Balaban J connectivity index is 1.73. The molecular formula is C31H29N3O6S. The van der Waals surface area contributed by atoms with Gasteiger partial charge in [-0.2, -0.15) is 0 Å². The van der Waals surface area contributed by atoms with E-state index in [1.165, 1.54) is 17.6 Å². The van der Waals surface area contributed by atoms with Crippen LogP contribution in [0.3, 0.4) is 0 Å². The molecule has 1 atom stereocenters. The average Bonchev–Trinajstić information content (AvgIpc) is 3.41. The summed E-state index contributed by atoms with van der Waals surface area (Å²) in [7, 11) is 0. The van der Waals surface area contributed by atoms with E-state index in [1.807, 2.05) is 24.3 Å². The number of para-hydroxylation sites is 1. The Bertz CT molecular complexity index is 1780. The summed E-state index contributed by atoms with van der Waals surface area (Å²) < 4.78 is 12.3. The average molecular weight is 572 g/mol. The van der Waals surface area contributed by atoms with Crippen LogP contribution in [-0.4, -0.2) is 35.6 Å². The van der Waals surface area contributed by atoms with Crippen LogP contribution in [0.2, 0.25) is 0 Å². The molecule has 0 bridgehead atoms. The number of hydrogen-bond donors (Lipinski definition) is 0. The van der Waals surface area contributed by atoms with Crippen LogP contribution >= 0.6 is 11.3 Å². The monoisotopic (exact) mass is 571 g/mol. The Morgan fingerprint density at radius 2 is 1.85 bits per heavy atom. The minimum Gasteiger partial charge on any atom is -0.458 e. The molecule has 2 aliphatic rings. The third-order valence-electron chi connectivity index (χ3n) is 6.89. The summed E-state index contributed by atoms with van der Waals surface area (Å²) in [5.74, 6) is -1.00. The molecule has 3 heterocycles. The van der Waals surface area contributed by atoms with E-state index in [0.717, 1.165) is 29.9 Å². The maximum Gasteiger partial charge on any atom is 0.338 e. The van der Waals surface area contributed by atoms with Crippen molar-refractivity contribution in [3.05, 3.63) is 103 Å². The molecule has 41 heavy (non-hydrogen) atoms. The minimum absolute atomic E-state index is 0.0127. The van der Waals surface area contributed by atoms with E-state index >= 15 is 0 Å². The Kier molecular flexibility index (Phi) is 7.85. The van der Waals surface area contributed by atoms with Crippen molar-refractivity contribution >= 4 is 40.4 Å². The number of carbonyl (C=O) groups excluding carboxylic acids is 3. The molecule has 0 aliphatic carbocycles. The highest BCUT2D eigenvalue weighted by Gasteiger charge is 2.37. The molecule has 9 nitrogen and oxygen atoms in total. The first-order valence-corrected chi connectivity index (χ1v) is 14.1. The summed E-state index contributed by atoms with van der Waals surface area (Å²) in [6.45, 7) is 9.19. The molecule has 0 N–H and O–H groups in total. The number of esters is 2. The Hall–Kier alpha value is -4.57. The quantitative estimate of drug-likeness (QED) is 0.233. The van der Waals surface area contributed by atoms with E-state index in [9.17, 15) is 19.2 Å². The van der Waals surface area contributed by atoms with Gasteiger partial charge in [-0.15, -0.1) is 0 Å². The number of carbonyl (C=O) groups is 3. The summed E-state index contributed by atoms with van der Waals surface area (Å²) in [6, 6.07) is 13.1. The summed E-state index contributed by atoms with van der Waals surface area (Å²) in [4.78, 5) is 59.4. The first kappa shape index (κ1) is 28.0. The molecule has 2 aliphatic heterocycles. The number of hydrogen-bond acceptors (Lipinski definition) is 8. The molecule has 1 aromatic heterocycles. The van der Waals surface area contributed by atoms with E-state index in [-0.39, 0.29) is 22.6 Å². The van der Waals surface area contributed by atoms with Crippen molar-refractivity contribution in [1.29, 1.82) is 0 Å². The highest BCUT2D eigenvalue weighted by Crippen LogP contribution is 2.36. The van der Waals surface area contributed by atoms with E-state index in [0.29, 0.717) is 39.5 Å². The second kappa shape index (κ2) is 11.5. The van der Waals surface area contributed by atoms with Crippen LogP contribution < -0.4 is 24.5 Å². The van der Waals surface area contributed by atoms with Crippen molar-refractivity contribution < 1.29 is 23.9 Å². The smallest absolute Gasteiger partial charge is 0.338 e. The number of ether oxygens (including phenoxy) is 2. The Labute approximate surface area is 240 Å². The predicted molar refractivity (Wildman–Crippen MR) is 155 cm³/mol. The number of thiazole rings is 1. The van der Waals surface area contributed by atoms with Gasteiger partial charge in [-0.3, -0.25) is 19.0 Å². The van der Waals surface area contributed by atoms with E-state index in [2.05, 4.69) is 18.5 Å². The van der Waals surface area contributed by atoms with Gasteiger partial charge in [0.05, 0.1) is 28.6 Å². The number of allylic oxidation sites excluding steroid dienone is 1. The van der Waals surface area contributed by atoms with E-state index in [1.54, 1.807) is 36.1 Å². The number of anilines is 1. The zero-order valence-electron chi connectivity index (χ0n) is 23.0. The fraction of sp³-hybridized carbons (Fsp3) is 0.258. The van der Waals surface area contributed by atoms with Crippen molar-refractivity contribution in [3.8, 4) is 5.75 Å². The molecule has 5 rings (SSSR count). The first-order valence-electron chi connectivity index (χ1n) is 13.3. The number of aromatic nitrogens is 1. The fourth-order valence-corrected chi connectivity index (χ4v) is 6.22.